The third kappa shape index (κ3) is 2.96. The van der Waals surface area contributed by atoms with Crippen molar-refractivity contribution in [1.82, 2.24) is 14.8 Å². The summed E-state index contributed by atoms with van der Waals surface area (Å²) in [6.07, 6.45) is 0. The maximum absolute atomic E-state index is 5.75. The summed E-state index contributed by atoms with van der Waals surface area (Å²) in [5, 5.41) is 6.92. The van der Waals surface area contributed by atoms with Gasteiger partial charge in [-0.3, -0.25) is 5.10 Å². The zero-order valence-electron chi connectivity index (χ0n) is 11.3. The van der Waals surface area contributed by atoms with Crippen LogP contribution in [-0.2, 0) is 13.2 Å². The topological polar surface area (TPSA) is 52.1 Å². The van der Waals surface area contributed by atoms with Crippen LogP contribution in [0.15, 0.2) is 18.2 Å². The number of H-pyrrole nitrogens is 1. The van der Waals surface area contributed by atoms with E-state index < -0.39 is 0 Å². The molecule has 102 valence electrons. The van der Waals surface area contributed by atoms with Crippen molar-refractivity contribution in [2.75, 3.05) is 7.11 Å². The Bertz CT molecular complexity index is 619. The van der Waals surface area contributed by atoms with Crippen LogP contribution in [0.1, 0.15) is 18.3 Å². The van der Waals surface area contributed by atoms with Crippen molar-refractivity contribution >= 4 is 12.2 Å². The minimum atomic E-state index is 0.348. The van der Waals surface area contributed by atoms with E-state index in [-0.39, 0.29) is 0 Å². The van der Waals surface area contributed by atoms with Gasteiger partial charge in [-0.2, -0.15) is 5.10 Å². The Hall–Kier alpha value is -1.82. The molecular weight excluding hydrogens is 262 g/mol. The third-order valence-corrected chi connectivity index (χ3v) is 3.14. The van der Waals surface area contributed by atoms with Crippen molar-refractivity contribution in [3.05, 3.63) is 34.4 Å². The van der Waals surface area contributed by atoms with Gasteiger partial charge in [-0.25, -0.2) is 0 Å². The van der Waals surface area contributed by atoms with Crippen LogP contribution in [0.5, 0.6) is 11.5 Å². The predicted octanol–water partition coefficient (Wildman–Crippen LogP) is 2.86. The van der Waals surface area contributed by atoms with Crippen molar-refractivity contribution in [1.29, 1.82) is 0 Å². The van der Waals surface area contributed by atoms with E-state index in [4.69, 9.17) is 21.7 Å². The zero-order chi connectivity index (χ0) is 13.8. The molecule has 0 saturated heterocycles. The Morgan fingerprint density at radius 2 is 2.16 bits per heavy atom. The molecule has 0 saturated carbocycles. The van der Waals surface area contributed by atoms with Gasteiger partial charge in [0.05, 0.1) is 7.11 Å². The van der Waals surface area contributed by atoms with E-state index in [1.165, 1.54) is 0 Å². The second-order valence-electron chi connectivity index (χ2n) is 4.13. The number of nitrogens with one attached hydrogen (secondary N) is 1. The van der Waals surface area contributed by atoms with Crippen molar-refractivity contribution in [2.45, 2.75) is 27.0 Å². The third-order valence-electron chi connectivity index (χ3n) is 2.83. The summed E-state index contributed by atoms with van der Waals surface area (Å²) in [5.74, 6) is 2.19. The monoisotopic (exact) mass is 279 g/mol. The van der Waals surface area contributed by atoms with Gasteiger partial charge in [0.2, 0.25) is 0 Å². The largest absolute Gasteiger partial charge is 0.493 e. The lowest BCUT2D eigenvalue weighted by molar-refractivity contribution is 0.271. The smallest absolute Gasteiger partial charge is 0.195 e. The summed E-state index contributed by atoms with van der Waals surface area (Å²) in [5.41, 5.74) is 1.13. The van der Waals surface area contributed by atoms with Gasteiger partial charge in [0.25, 0.3) is 0 Å². The molecule has 0 amide bonds. The highest BCUT2D eigenvalue weighted by Crippen LogP contribution is 2.28. The lowest BCUT2D eigenvalue weighted by Crippen LogP contribution is -2.06. The first-order valence-corrected chi connectivity index (χ1v) is 6.48. The van der Waals surface area contributed by atoms with Gasteiger partial charge in [-0.1, -0.05) is 6.07 Å². The van der Waals surface area contributed by atoms with Crippen LogP contribution < -0.4 is 9.47 Å². The Morgan fingerprint density at radius 1 is 1.37 bits per heavy atom. The molecule has 6 heteroatoms. The molecule has 0 bridgehead atoms. The minimum Gasteiger partial charge on any atom is -0.493 e. The summed E-state index contributed by atoms with van der Waals surface area (Å²) < 4.78 is 13.6. The van der Waals surface area contributed by atoms with E-state index in [1.807, 2.05) is 36.6 Å². The Morgan fingerprint density at radius 3 is 2.84 bits per heavy atom. The van der Waals surface area contributed by atoms with Gasteiger partial charge in [0.15, 0.2) is 22.1 Å². The molecule has 1 aromatic heterocycles. The van der Waals surface area contributed by atoms with Gasteiger partial charge in [-0.05, 0) is 43.8 Å². The minimum absolute atomic E-state index is 0.348. The van der Waals surface area contributed by atoms with Crippen molar-refractivity contribution in [3.8, 4) is 11.5 Å². The number of rotatable bonds is 5. The van der Waals surface area contributed by atoms with Crippen molar-refractivity contribution in [3.63, 3.8) is 0 Å². The van der Waals surface area contributed by atoms with E-state index in [0.717, 1.165) is 23.7 Å². The molecule has 0 aliphatic carbocycles. The Kier molecular flexibility index (Phi) is 4.21. The molecule has 1 heterocycles. The van der Waals surface area contributed by atoms with E-state index in [9.17, 15) is 0 Å². The van der Waals surface area contributed by atoms with Crippen LogP contribution in [0, 0.1) is 11.7 Å². The second-order valence-corrected chi connectivity index (χ2v) is 4.52. The molecule has 2 aromatic rings. The average molecular weight is 279 g/mol. The molecular formula is C13H17N3O2S. The second kappa shape index (κ2) is 5.88. The molecule has 0 fully saturated rings. The Balaban J connectivity index is 2.16. The quantitative estimate of drug-likeness (QED) is 0.855. The van der Waals surface area contributed by atoms with Gasteiger partial charge < -0.3 is 14.0 Å². The van der Waals surface area contributed by atoms with Crippen LogP contribution in [0.2, 0.25) is 0 Å². The molecule has 0 atom stereocenters. The SMILES string of the molecule is CCn1c(COc2ccc(C)cc2OC)n[nH]c1=S. The molecule has 0 spiro atoms. The molecule has 0 aliphatic rings. The van der Waals surface area contributed by atoms with Crippen LogP contribution in [-0.4, -0.2) is 21.9 Å². The number of nitrogens with zero attached hydrogens (tertiary/aromatic N) is 2. The molecule has 0 radical (unpaired) electrons. The number of aromatic amines is 1. The molecule has 1 N–H and O–H groups in total. The lowest BCUT2D eigenvalue weighted by Gasteiger charge is -2.11. The van der Waals surface area contributed by atoms with Gasteiger partial charge in [0.1, 0.15) is 6.61 Å². The van der Waals surface area contributed by atoms with E-state index in [2.05, 4.69) is 10.2 Å². The van der Waals surface area contributed by atoms with E-state index in [1.54, 1.807) is 7.11 Å². The van der Waals surface area contributed by atoms with E-state index >= 15 is 0 Å². The first-order valence-electron chi connectivity index (χ1n) is 6.07. The van der Waals surface area contributed by atoms with Crippen LogP contribution in [0.4, 0.5) is 0 Å². The fourth-order valence-corrected chi connectivity index (χ4v) is 2.10. The molecule has 5 nitrogen and oxygen atoms in total. The fourth-order valence-electron chi connectivity index (χ4n) is 1.82. The molecule has 0 unspecified atom stereocenters. The number of aromatic nitrogens is 3. The van der Waals surface area contributed by atoms with Gasteiger partial charge in [0, 0.05) is 6.54 Å². The molecule has 0 aliphatic heterocycles. The summed E-state index contributed by atoms with van der Waals surface area (Å²) in [7, 11) is 1.63. The Labute approximate surface area is 117 Å². The summed E-state index contributed by atoms with van der Waals surface area (Å²) >= 11 is 5.13. The fraction of sp³-hybridized carbons (Fsp3) is 0.385. The maximum Gasteiger partial charge on any atom is 0.195 e. The molecule has 2 rings (SSSR count). The maximum atomic E-state index is 5.75. The predicted molar refractivity (Wildman–Crippen MR) is 75.1 cm³/mol. The van der Waals surface area contributed by atoms with E-state index in [0.29, 0.717) is 17.1 Å². The van der Waals surface area contributed by atoms with Crippen LogP contribution in [0.3, 0.4) is 0 Å². The zero-order valence-corrected chi connectivity index (χ0v) is 12.1. The standard InChI is InChI=1S/C13H17N3O2S/c1-4-16-12(14-15-13(16)19)8-18-10-6-5-9(2)7-11(10)17-3/h5-7H,4,8H2,1-3H3,(H,15,19). The number of hydrogen-bond acceptors (Lipinski definition) is 4. The van der Waals surface area contributed by atoms with Gasteiger partial charge in [-0.15, -0.1) is 0 Å². The summed E-state index contributed by atoms with van der Waals surface area (Å²) in [4.78, 5) is 0. The molecule has 19 heavy (non-hydrogen) atoms. The number of benzene rings is 1. The number of ether oxygens (including phenoxy) is 2. The normalized spacial score (nSPS) is 10.5. The van der Waals surface area contributed by atoms with Gasteiger partial charge >= 0.3 is 0 Å². The summed E-state index contributed by atoms with van der Waals surface area (Å²) in [6.45, 7) is 5.13. The van der Waals surface area contributed by atoms with Crippen LogP contribution in [0.25, 0.3) is 0 Å². The summed E-state index contributed by atoms with van der Waals surface area (Å²) in [6, 6.07) is 5.81. The lowest BCUT2D eigenvalue weighted by atomic mass is 10.2. The van der Waals surface area contributed by atoms with Crippen molar-refractivity contribution in [2.24, 2.45) is 0 Å². The average Bonchev–Trinajstić information content (AvgIpc) is 2.77. The highest BCUT2D eigenvalue weighted by Gasteiger charge is 2.08. The first-order chi connectivity index (χ1) is 9.15. The highest BCUT2D eigenvalue weighted by atomic mass is 32.1. The van der Waals surface area contributed by atoms with Crippen LogP contribution >= 0.6 is 12.2 Å². The van der Waals surface area contributed by atoms with Crippen molar-refractivity contribution < 1.29 is 9.47 Å². The highest BCUT2D eigenvalue weighted by molar-refractivity contribution is 7.71. The number of hydrogen-bond donors (Lipinski definition) is 1. The number of methoxy groups -OCH3 is 1. The first kappa shape index (κ1) is 13.6. The molecule has 1 aromatic carbocycles. The number of aryl methyl sites for hydroxylation is 1.